The van der Waals surface area contributed by atoms with E-state index in [0.29, 0.717) is 22.3 Å². The predicted molar refractivity (Wildman–Crippen MR) is 83.8 cm³/mol. The minimum Gasteiger partial charge on any atom is -0.354 e. The van der Waals surface area contributed by atoms with Crippen molar-refractivity contribution in [2.45, 2.75) is 26.7 Å². The molecule has 7 heteroatoms. The van der Waals surface area contributed by atoms with Gasteiger partial charge in [0.1, 0.15) is 0 Å². The monoisotopic (exact) mass is 330 g/mol. The van der Waals surface area contributed by atoms with Gasteiger partial charge in [-0.2, -0.15) is 0 Å². The molecule has 0 radical (unpaired) electrons. The fourth-order valence-corrected chi connectivity index (χ4v) is 2.51. The molecule has 1 rings (SSSR count). The molecule has 1 aromatic heterocycles. The average molecular weight is 331 g/mol. The van der Waals surface area contributed by atoms with Crippen molar-refractivity contribution in [1.29, 1.82) is 0 Å². The fourth-order valence-electron chi connectivity index (χ4n) is 1.49. The summed E-state index contributed by atoms with van der Waals surface area (Å²) in [6.45, 7) is 4.35. The summed E-state index contributed by atoms with van der Waals surface area (Å²) in [5, 5.41) is 5.36. The van der Waals surface area contributed by atoms with Crippen LogP contribution in [0, 0.1) is 5.92 Å². The number of thiophene rings is 1. The molecule has 5 nitrogen and oxygen atoms in total. The molecule has 0 aromatic carbocycles. The van der Waals surface area contributed by atoms with Gasteiger partial charge in [-0.3, -0.25) is 14.4 Å². The highest BCUT2D eigenvalue weighted by Crippen LogP contribution is 2.22. The van der Waals surface area contributed by atoms with Crippen LogP contribution in [0.5, 0.6) is 0 Å². The second-order valence-corrected chi connectivity index (χ2v) is 6.54. The highest BCUT2D eigenvalue weighted by Gasteiger charge is 2.11. The van der Waals surface area contributed by atoms with E-state index in [9.17, 15) is 14.4 Å². The molecule has 0 aliphatic carbocycles. The van der Waals surface area contributed by atoms with Crippen molar-refractivity contribution in [3.63, 3.8) is 0 Å². The lowest BCUT2D eigenvalue weighted by Crippen LogP contribution is -2.36. The van der Waals surface area contributed by atoms with Crippen molar-refractivity contribution in [2.24, 2.45) is 5.92 Å². The van der Waals surface area contributed by atoms with Crippen molar-refractivity contribution < 1.29 is 14.4 Å². The summed E-state index contributed by atoms with van der Waals surface area (Å²) in [4.78, 5) is 35.2. The van der Waals surface area contributed by atoms with Crippen LogP contribution in [0.4, 0.5) is 0 Å². The Morgan fingerprint density at radius 2 is 1.81 bits per heavy atom. The molecule has 116 valence electrons. The zero-order valence-electron chi connectivity index (χ0n) is 12.1. The molecule has 0 aliphatic heterocycles. The number of halogens is 1. The number of hydrogen-bond acceptors (Lipinski definition) is 4. The van der Waals surface area contributed by atoms with Crippen LogP contribution in [-0.2, 0) is 9.59 Å². The Hall–Kier alpha value is -1.40. The van der Waals surface area contributed by atoms with Crippen LogP contribution in [0.25, 0.3) is 0 Å². The first-order valence-electron chi connectivity index (χ1n) is 6.73. The summed E-state index contributed by atoms with van der Waals surface area (Å²) < 4.78 is 0.559. The van der Waals surface area contributed by atoms with Crippen LogP contribution in [0.1, 0.15) is 36.4 Å². The van der Waals surface area contributed by atoms with E-state index in [-0.39, 0.29) is 36.4 Å². The SMILES string of the molecule is CC(C)C(=O)NCCNC(=O)CCC(=O)c1ccc(Cl)s1. The van der Waals surface area contributed by atoms with Gasteiger partial charge in [0.05, 0.1) is 9.21 Å². The molecule has 1 heterocycles. The third-order valence-electron chi connectivity index (χ3n) is 2.70. The molecule has 21 heavy (non-hydrogen) atoms. The number of amides is 2. The van der Waals surface area contributed by atoms with Gasteiger partial charge in [0.15, 0.2) is 5.78 Å². The molecule has 0 spiro atoms. The van der Waals surface area contributed by atoms with Crippen molar-refractivity contribution in [2.75, 3.05) is 13.1 Å². The lowest BCUT2D eigenvalue weighted by Gasteiger charge is -2.08. The predicted octanol–water partition coefficient (Wildman–Crippen LogP) is 2.25. The molecule has 0 unspecified atom stereocenters. The molecule has 0 fully saturated rings. The highest BCUT2D eigenvalue weighted by atomic mass is 35.5. The Bertz CT molecular complexity index is 514. The van der Waals surface area contributed by atoms with Gasteiger partial charge in [-0.15, -0.1) is 11.3 Å². The zero-order valence-corrected chi connectivity index (χ0v) is 13.6. The number of carbonyl (C=O) groups is 3. The summed E-state index contributed by atoms with van der Waals surface area (Å²) in [5.41, 5.74) is 0. The Morgan fingerprint density at radius 3 is 2.38 bits per heavy atom. The molecule has 2 N–H and O–H groups in total. The molecule has 0 saturated heterocycles. The molecule has 0 atom stereocenters. The van der Waals surface area contributed by atoms with Crippen LogP contribution >= 0.6 is 22.9 Å². The van der Waals surface area contributed by atoms with E-state index < -0.39 is 0 Å². The number of hydrogen-bond donors (Lipinski definition) is 2. The van der Waals surface area contributed by atoms with Crippen LogP contribution in [0.15, 0.2) is 12.1 Å². The maximum Gasteiger partial charge on any atom is 0.222 e. The summed E-state index contributed by atoms with van der Waals surface area (Å²) in [6, 6.07) is 3.33. The molecule has 0 saturated carbocycles. The lowest BCUT2D eigenvalue weighted by molar-refractivity contribution is -0.124. The van der Waals surface area contributed by atoms with Gasteiger partial charge in [-0.25, -0.2) is 0 Å². The highest BCUT2D eigenvalue weighted by molar-refractivity contribution is 7.18. The number of carbonyl (C=O) groups excluding carboxylic acids is 3. The van der Waals surface area contributed by atoms with Gasteiger partial charge >= 0.3 is 0 Å². The molecular formula is C14H19ClN2O3S. The molecule has 2 amide bonds. The standard InChI is InChI=1S/C14H19ClN2O3S/c1-9(2)14(20)17-8-7-16-13(19)6-3-10(18)11-4-5-12(15)21-11/h4-5,9H,3,6-8H2,1-2H3,(H,16,19)(H,17,20). The quantitative estimate of drug-likeness (QED) is 0.567. The van der Waals surface area contributed by atoms with E-state index in [0.717, 1.165) is 0 Å². The third kappa shape index (κ3) is 6.73. The van der Waals surface area contributed by atoms with Crippen LogP contribution in [0.3, 0.4) is 0 Å². The van der Waals surface area contributed by atoms with Gasteiger partial charge in [0.2, 0.25) is 11.8 Å². The summed E-state index contributed by atoms with van der Waals surface area (Å²) >= 11 is 6.96. The Labute approximate surface area is 133 Å². The second kappa shape index (κ2) is 8.79. The Morgan fingerprint density at radius 1 is 1.14 bits per heavy atom. The molecule has 1 aromatic rings. The zero-order chi connectivity index (χ0) is 15.8. The average Bonchev–Trinajstić information content (AvgIpc) is 2.87. The normalized spacial score (nSPS) is 10.5. The Balaban J connectivity index is 2.17. The van der Waals surface area contributed by atoms with E-state index >= 15 is 0 Å². The molecular weight excluding hydrogens is 312 g/mol. The maximum atomic E-state index is 11.8. The van der Waals surface area contributed by atoms with Gasteiger partial charge in [-0.1, -0.05) is 25.4 Å². The number of Topliss-reactive ketones (excluding diaryl/α,β-unsaturated/α-hetero) is 1. The van der Waals surface area contributed by atoms with E-state index in [1.165, 1.54) is 11.3 Å². The van der Waals surface area contributed by atoms with Crippen molar-refractivity contribution in [3.8, 4) is 0 Å². The minimum atomic E-state index is -0.204. The van der Waals surface area contributed by atoms with Gasteiger partial charge in [0.25, 0.3) is 0 Å². The van der Waals surface area contributed by atoms with E-state index in [1.807, 2.05) is 0 Å². The van der Waals surface area contributed by atoms with Gasteiger partial charge < -0.3 is 10.6 Å². The van der Waals surface area contributed by atoms with E-state index in [2.05, 4.69) is 10.6 Å². The summed E-state index contributed by atoms with van der Waals surface area (Å²) in [7, 11) is 0. The number of rotatable bonds is 8. The lowest BCUT2D eigenvalue weighted by atomic mass is 10.2. The van der Waals surface area contributed by atoms with E-state index in [4.69, 9.17) is 11.6 Å². The Kier molecular flexibility index (Phi) is 7.39. The first-order valence-corrected chi connectivity index (χ1v) is 7.92. The minimum absolute atomic E-state index is 0.0472. The summed E-state index contributed by atoms with van der Waals surface area (Å²) in [5.74, 6) is -0.412. The first-order chi connectivity index (χ1) is 9.90. The van der Waals surface area contributed by atoms with Crippen molar-refractivity contribution >= 4 is 40.5 Å². The van der Waals surface area contributed by atoms with Crippen molar-refractivity contribution in [1.82, 2.24) is 10.6 Å². The summed E-state index contributed by atoms with van der Waals surface area (Å²) in [6.07, 6.45) is 0.285. The second-order valence-electron chi connectivity index (χ2n) is 4.82. The maximum absolute atomic E-state index is 11.8. The topological polar surface area (TPSA) is 75.3 Å². The molecule has 0 aliphatic rings. The fraction of sp³-hybridized carbons (Fsp3) is 0.500. The van der Waals surface area contributed by atoms with Gasteiger partial charge in [-0.05, 0) is 12.1 Å². The third-order valence-corrected chi connectivity index (χ3v) is 3.97. The smallest absolute Gasteiger partial charge is 0.222 e. The number of ketones is 1. The first kappa shape index (κ1) is 17.7. The largest absolute Gasteiger partial charge is 0.354 e. The van der Waals surface area contributed by atoms with Crippen LogP contribution in [-0.4, -0.2) is 30.7 Å². The molecule has 0 bridgehead atoms. The van der Waals surface area contributed by atoms with E-state index in [1.54, 1.807) is 26.0 Å². The van der Waals surface area contributed by atoms with Gasteiger partial charge in [0, 0.05) is 31.8 Å². The van der Waals surface area contributed by atoms with Crippen LogP contribution < -0.4 is 10.6 Å². The van der Waals surface area contributed by atoms with Crippen molar-refractivity contribution in [3.05, 3.63) is 21.3 Å². The van der Waals surface area contributed by atoms with Crippen LogP contribution in [0.2, 0.25) is 4.34 Å². The number of nitrogens with one attached hydrogen (secondary N) is 2.